The predicted octanol–water partition coefficient (Wildman–Crippen LogP) is 4.05. The van der Waals surface area contributed by atoms with Crippen LogP contribution in [0.2, 0.25) is 0 Å². The van der Waals surface area contributed by atoms with Gasteiger partial charge in [0.25, 0.3) is 0 Å². The Labute approximate surface area is 149 Å². The van der Waals surface area contributed by atoms with Crippen LogP contribution in [0, 0.1) is 0 Å². The second kappa shape index (κ2) is 6.64. The van der Waals surface area contributed by atoms with Crippen LogP contribution in [0.3, 0.4) is 0 Å². The molecule has 4 aromatic rings. The molecule has 0 atom stereocenters. The van der Waals surface area contributed by atoms with Crippen molar-refractivity contribution in [3.63, 3.8) is 0 Å². The summed E-state index contributed by atoms with van der Waals surface area (Å²) < 4.78 is 0. The SMILES string of the molecule is O=c1cc[nH]cc1-c1cccc(C=Nc2cccc3cccc(O)c23)n1. The number of aliphatic imine (C=N–C) groups is 1. The van der Waals surface area contributed by atoms with Crippen LogP contribution in [0.4, 0.5) is 5.69 Å². The third kappa shape index (κ3) is 2.98. The number of rotatable bonds is 3. The van der Waals surface area contributed by atoms with Crippen LogP contribution in [0.1, 0.15) is 5.69 Å². The Hall–Kier alpha value is -3.73. The number of nitrogens with zero attached hydrogens (tertiary/aromatic N) is 2. The van der Waals surface area contributed by atoms with Gasteiger partial charge in [0.1, 0.15) is 5.75 Å². The molecule has 4 rings (SSSR count). The van der Waals surface area contributed by atoms with Crippen LogP contribution in [0.25, 0.3) is 22.0 Å². The minimum Gasteiger partial charge on any atom is -0.507 e. The lowest BCUT2D eigenvalue weighted by Crippen LogP contribution is -2.04. The average Bonchev–Trinajstić information content (AvgIpc) is 2.67. The molecule has 0 radical (unpaired) electrons. The zero-order chi connectivity index (χ0) is 17.9. The maximum atomic E-state index is 12.0. The number of fused-ring (bicyclic) bond motifs is 1. The third-order valence-corrected chi connectivity index (χ3v) is 4.07. The van der Waals surface area contributed by atoms with Crippen molar-refractivity contribution in [1.82, 2.24) is 9.97 Å². The average molecular weight is 341 g/mol. The van der Waals surface area contributed by atoms with Gasteiger partial charge in [0.2, 0.25) is 0 Å². The number of aromatic nitrogens is 2. The molecule has 5 nitrogen and oxygen atoms in total. The van der Waals surface area contributed by atoms with E-state index in [-0.39, 0.29) is 11.2 Å². The quantitative estimate of drug-likeness (QED) is 0.552. The summed E-state index contributed by atoms with van der Waals surface area (Å²) >= 11 is 0. The zero-order valence-electron chi connectivity index (χ0n) is 13.8. The van der Waals surface area contributed by atoms with E-state index in [9.17, 15) is 9.90 Å². The van der Waals surface area contributed by atoms with Gasteiger partial charge in [-0.25, -0.2) is 4.98 Å². The summed E-state index contributed by atoms with van der Waals surface area (Å²) in [6.07, 6.45) is 4.85. The topological polar surface area (TPSA) is 78.3 Å². The molecule has 0 saturated heterocycles. The molecule has 2 heterocycles. The first kappa shape index (κ1) is 15.8. The van der Waals surface area contributed by atoms with Crippen molar-refractivity contribution in [1.29, 1.82) is 0 Å². The van der Waals surface area contributed by atoms with Crippen LogP contribution < -0.4 is 5.43 Å². The Kier molecular flexibility index (Phi) is 4.03. The van der Waals surface area contributed by atoms with Crippen LogP contribution in [-0.4, -0.2) is 21.3 Å². The summed E-state index contributed by atoms with van der Waals surface area (Å²) in [5, 5.41) is 11.8. The molecular weight excluding hydrogens is 326 g/mol. The van der Waals surface area contributed by atoms with E-state index >= 15 is 0 Å². The summed E-state index contributed by atoms with van der Waals surface area (Å²) in [7, 11) is 0. The van der Waals surface area contributed by atoms with Gasteiger partial charge in [0.05, 0.1) is 28.9 Å². The van der Waals surface area contributed by atoms with Crippen molar-refractivity contribution in [2.24, 2.45) is 4.99 Å². The van der Waals surface area contributed by atoms with Crippen LogP contribution in [-0.2, 0) is 0 Å². The van der Waals surface area contributed by atoms with Crippen molar-refractivity contribution in [2.45, 2.75) is 0 Å². The largest absolute Gasteiger partial charge is 0.507 e. The summed E-state index contributed by atoms with van der Waals surface area (Å²) in [5.41, 5.74) is 2.27. The van der Waals surface area contributed by atoms with Crippen molar-refractivity contribution in [3.8, 4) is 17.0 Å². The van der Waals surface area contributed by atoms with E-state index in [2.05, 4.69) is 15.0 Å². The lowest BCUT2D eigenvalue weighted by Gasteiger charge is -2.04. The number of phenols is 1. The molecule has 0 bridgehead atoms. The molecule has 2 N–H and O–H groups in total. The molecule has 0 amide bonds. The molecule has 0 aliphatic carbocycles. The maximum Gasteiger partial charge on any atom is 0.190 e. The Balaban J connectivity index is 1.74. The fraction of sp³-hybridized carbons (Fsp3) is 0. The Morgan fingerprint density at radius 2 is 1.81 bits per heavy atom. The van der Waals surface area contributed by atoms with E-state index in [4.69, 9.17) is 0 Å². The van der Waals surface area contributed by atoms with E-state index in [1.54, 1.807) is 36.8 Å². The van der Waals surface area contributed by atoms with Gasteiger partial charge >= 0.3 is 0 Å². The molecule has 2 aromatic heterocycles. The number of nitrogens with one attached hydrogen (secondary N) is 1. The number of pyridine rings is 2. The first-order valence-corrected chi connectivity index (χ1v) is 8.12. The van der Waals surface area contributed by atoms with E-state index in [1.165, 1.54) is 6.07 Å². The van der Waals surface area contributed by atoms with Gasteiger partial charge in [-0.3, -0.25) is 9.79 Å². The number of hydrogen-bond donors (Lipinski definition) is 2. The Morgan fingerprint density at radius 3 is 2.65 bits per heavy atom. The highest BCUT2D eigenvalue weighted by Crippen LogP contribution is 2.33. The number of phenolic OH excluding ortho intramolecular Hbond substituents is 1. The lowest BCUT2D eigenvalue weighted by atomic mass is 10.1. The van der Waals surface area contributed by atoms with Crippen molar-refractivity contribution in [3.05, 3.63) is 89.0 Å². The highest BCUT2D eigenvalue weighted by molar-refractivity contribution is 5.99. The molecule has 2 aromatic carbocycles. The van der Waals surface area contributed by atoms with Crippen molar-refractivity contribution >= 4 is 22.7 Å². The first-order valence-electron chi connectivity index (χ1n) is 8.12. The molecule has 126 valence electrons. The zero-order valence-corrected chi connectivity index (χ0v) is 13.8. The number of benzene rings is 2. The van der Waals surface area contributed by atoms with Crippen molar-refractivity contribution < 1.29 is 5.11 Å². The van der Waals surface area contributed by atoms with Crippen molar-refractivity contribution in [2.75, 3.05) is 0 Å². The fourth-order valence-corrected chi connectivity index (χ4v) is 2.83. The van der Waals surface area contributed by atoms with E-state index < -0.39 is 0 Å². The van der Waals surface area contributed by atoms with Gasteiger partial charge < -0.3 is 10.1 Å². The fourth-order valence-electron chi connectivity index (χ4n) is 2.83. The predicted molar refractivity (Wildman–Crippen MR) is 103 cm³/mol. The van der Waals surface area contributed by atoms with E-state index in [0.717, 1.165) is 5.39 Å². The van der Waals surface area contributed by atoms with Gasteiger partial charge in [-0.05, 0) is 29.7 Å². The Bertz CT molecular complexity index is 1170. The van der Waals surface area contributed by atoms with E-state index in [1.807, 2.05) is 36.4 Å². The molecule has 0 unspecified atom stereocenters. The second-order valence-electron chi connectivity index (χ2n) is 5.78. The number of hydrogen-bond acceptors (Lipinski definition) is 4. The Morgan fingerprint density at radius 1 is 1.00 bits per heavy atom. The second-order valence-corrected chi connectivity index (χ2v) is 5.78. The summed E-state index contributed by atoms with van der Waals surface area (Å²) in [6.45, 7) is 0. The minimum atomic E-state index is -0.0932. The number of H-pyrrole nitrogens is 1. The highest BCUT2D eigenvalue weighted by Gasteiger charge is 2.06. The normalized spacial score (nSPS) is 11.2. The molecule has 0 aliphatic heterocycles. The highest BCUT2D eigenvalue weighted by atomic mass is 16.3. The molecule has 26 heavy (non-hydrogen) atoms. The summed E-state index contributed by atoms with van der Waals surface area (Å²) in [5.74, 6) is 0.188. The minimum absolute atomic E-state index is 0.0932. The monoisotopic (exact) mass is 341 g/mol. The lowest BCUT2D eigenvalue weighted by molar-refractivity contribution is 0.482. The standard InChI is InChI=1S/C21H15N3O2/c25-19-10-11-22-13-16(19)17-7-3-6-15(24-17)12-23-18-8-1-4-14-5-2-9-20(26)21(14)18/h1-13,26H,(H,22,25). The van der Waals surface area contributed by atoms with Gasteiger partial charge in [-0.15, -0.1) is 0 Å². The third-order valence-electron chi connectivity index (χ3n) is 4.07. The maximum absolute atomic E-state index is 12.0. The first-order chi connectivity index (χ1) is 12.7. The van der Waals surface area contributed by atoms with Gasteiger partial charge in [-0.2, -0.15) is 0 Å². The molecule has 0 aliphatic rings. The van der Waals surface area contributed by atoms with Crippen LogP contribution in [0.5, 0.6) is 5.75 Å². The van der Waals surface area contributed by atoms with Gasteiger partial charge in [0, 0.05) is 23.8 Å². The van der Waals surface area contributed by atoms with Crippen LogP contribution >= 0.6 is 0 Å². The molecule has 0 saturated carbocycles. The molecule has 0 fully saturated rings. The van der Waals surface area contributed by atoms with Crippen LogP contribution in [0.15, 0.2) is 82.8 Å². The molecule has 0 spiro atoms. The number of aromatic hydroxyl groups is 1. The molecular formula is C21H15N3O2. The number of aromatic amines is 1. The van der Waals surface area contributed by atoms with Gasteiger partial charge in [0.15, 0.2) is 5.43 Å². The summed E-state index contributed by atoms with van der Waals surface area (Å²) in [4.78, 5) is 23.9. The van der Waals surface area contributed by atoms with Gasteiger partial charge in [-0.1, -0.05) is 30.3 Å². The smallest absolute Gasteiger partial charge is 0.190 e. The summed E-state index contributed by atoms with van der Waals surface area (Å²) in [6, 6.07) is 17.9. The van der Waals surface area contributed by atoms with E-state index in [0.29, 0.717) is 28.0 Å². The molecule has 5 heteroatoms.